The van der Waals surface area contributed by atoms with Gasteiger partial charge >= 0.3 is 0 Å². The maximum absolute atomic E-state index is 12.5. The van der Waals surface area contributed by atoms with Crippen LogP contribution in [0, 0.1) is 0 Å². The number of aromatic nitrogens is 4. The normalized spacial score (nSPS) is 15.7. The molecule has 0 aliphatic carbocycles. The Bertz CT molecular complexity index is 888. The average Bonchev–Trinajstić information content (AvgIpc) is 3.52. The van der Waals surface area contributed by atoms with E-state index < -0.39 is 0 Å². The van der Waals surface area contributed by atoms with Gasteiger partial charge in [-0.2, -0.15) is 0 Å². The summed E-state index contributed by atoms with van der Waals surface area (Å²) in [6, 6.07) is 7.35. The third-order valence-corrected chi connectivity index (χ3v) is 5.35. The molecule has 3 aromatic heterocycles. The van der Waals surface area contributed by atoms with Crippen molar-refractivity contribution in [2.45, 2.75) is 38.8 Å². The zero-order valence-electron chi connectivity index (χ0n) is 17.0. The summed E-state index contributed by atoms with van der Waals surface area (Å²) in [5.74, 6) is 2.01. The Kier molecular flexibility index (Phi) is 7.64. The first kappa shape index (κ1) is 22.0. The highest BCUT2D eigenvalue weighted by Gasteiger charge is 2.31. The number of furan rings is 2. The van der Waals surface area contributed by atoms with E-state index in [1.54, 1.807) is 18.4 Å². The van der Waals surface area contributed by atoms with Gasteiger partial charge in [-0.3, -0.25) is 9.69 Å². The minimum absolute atomic E-state index is 0. The van der Waals surface area contributed by atoms with Gasteiger partial charge in [0.25, 0.3) is 5.91 Å². The van der Waals surface area contributed by atoms with Crippen molar-refractivity contribution in [1.82, 2.24) is 30.0 Å². The van der Waals surface area contributed by atoms with Gasteiger partial charge in [-0.05, 0) is 41.1 Å². The number of hydrogen-bond acceptors (Lipinski definition) is 7. The summed E-state index contributed by atoms with van der Waals surface area (Å²) in [6.45, 7) is 5.55. The highest BCUT2D eigenvalue weighted by Crippen LogP contribution is 2.26. The van der Waals surface area contributed by atoms with Gasteiger partial charge in [0.1, 0.15) is 12.3 Å². The number of unbranched alkanes of at least 4 members (excludes halogenated alkanes) is 1. The molecular formula is C20H26ClN6O3-. The predicted octanol–water partition coefficient (Wildman–Crippen LogP) is -0.399. The molecule has 9 nitrogen and oxygen atoms in total. The number of amides is 1. The molecule has 1 aliphatic heterocycles. The van der Waals surface area contributed by atoms with Gasteiger partial charge in [0.05, 0.1) is 18.6 Å². The standard InChI is InChI=1S/C20H26N6O3.ClH/c1-2-3-7-17(19-21-22-23-26(19)15-16-6-4-13-28-16)24-9-11-25(12-10-24)20(27)18-8-5-14-29-18;/h4-6,8,13-14,17H,2-3,7,9-12,15H2,1H3;1H/p-1. The van der Waals surface area contributed by atoms with E-state index in [1.165, 1.54) is 6.26 Å². The molecule has 0 bridgehead atoms. The minimum Gasteiger partial charge on any atom is -1.00 e. The first-order chi connectivity index (χ1) is 14.3. The van der Waals surface area contributed by atoms with Gasteiger partial charge in [-0.15, -0.1) is 5.10 Å². The monoisotopic (exact) mass is 433 g/mol. The van der Waals surface area contributed by atoms with Gasteiger partial charge in [0, 0.05) is 26.2 Å². The third kappa shape index (κ3) is 4.91. The molecule has 1 amide bonds. The number of hydrogen-bond donors (Lipinski definition) is 0. The molecule has 4 heterocycles. The lowest BCUT2D eigenvalue weighted by Gasteiger charge is -2.38. The number of nitrogens with zero attached hydrogens (tertiary/aromatic N) is 6. The molecular weight excluding hydrogens is 408 g/mol. The molecule has 10 heteroatoms. The van der Waals surface area contributed by atoms with Crippen LogP contribution in [0.2, 0.25) is 0 Å². The van der Waals surface area contributed by atoms with Gasteiger partial charge in [0.2, 0.25) is 0 Å². The van der Waals surface area contributed by atoms with Gasteiger partial charge < -0.3 is 26.1 Å². The molecule has 1 atom stereocenters. The Morgan fingerprint density at radius 2 is 1.90 bits per heavy atom. The summed E-state index contributed by atoms with van der Waals surface area (Å²) in [5, 5.41) is 12.4. The lowest BCUT2D eigenvalue weighted by Crippen LogP contribution is -3.00. The third-order valence-electron chi connectivity index (χ3n) is 5.35. The van der Waals surface area contributed by atoms with Crippen LogP contribution in [0.15, 0.2) is 45.6 Å². The van der Waals surface area contributed by atoms with E-state index in [9.17, 15) is 4.79 Å². The molecule has 1 saturated heterocycles. The van der Waals surface area contributed by atoms with Gasteiger partial charge in [-0.1, -0.05) is 19.8 Å². The topological polar surface area (TPSA) is 93.4 Å². The quantitative estimate of drug-likeness (QED) is 0.477. The fourth-order valence-corrected chi connectivity index (χ4v) is 3.78. The molecule has 0 saturated carbocycles. The maximum Gasteiger partial charge on any atom is 0.289 e. The largest absolute Gasteiger partial charge is 1.00 e. The summed E-state index contributed by atoms with van der Waals surface area (Å²) in [4.78, 5) is 16.8. The molecule has 0 aromatic carbocycles. The lowest BCUT2D eigenvalue weighted by molar-refractivity contribution is -0.0000175. The van der Waals surface area contributed by atoms with Crippen LogP contribution in [0.1, 0.15) is 54.4 Å². The molecule has 30 heavy (non-hydrogen) atoms. The van der Waals surface area contributed by atoms with E-state index in [4.69, 9.17) is 8.83 Å². The van der Waals surface area contributed by atoms with Crippen molar-refractivity contribution < 1.29 is 26.0 Å². The molecule has 1 aliphatic rings. The molecule has 4 rings (SSSR count). The zero-order valence-corrected chi connectivity index (χ0v) is 17.7. The van der Waals surface area contributed by atoms with Crippen LogP contribution < -0.4 is 12.4 Å². The van der Waals surface area contributed by atoms with Crippen molar-refractivity contribution >= 4 is 5.91 Å². The summed E-state index contributed by atoms with van der Waals surface area (Å²) in [7, 11) is 0. The van der Waals surface area contributed by atoms with E-state index in [2.05, 4.69) is 27.3 Å². The van der Waals surface area contributed by atoms with E-state index in [0.717, 1.165) is 43.9 Å². The van der Waals surface area contributed by atoms with Crippen molar-refractivity contribution in [3.8, 4) is 0 Å². The van der Waals surface area contributed by atoms with Crippen molar-refractivity contribution in [3.05, 3.63) is 54.1 Å². The van der Waals surface area contributed by atoms with E-state index in [0.29, 0.717) is 25.4 Å². The van der Waals surface area contributed by atoms with E-state index in [1.807, 2.05) is 21.7 Å². The number of piperazine rings is 1. The van der Waals surface area contributed by atoms with Gasteiger partial charge in [-0.25, -0.2) is 4.68 Å². The van der Waals surface area contributed by atoms with Crippen molar-refractivity contribution in [1.29, 1.82) is 0 Å². The fourth-order valence-electron chi connectivity index (χ4n) is 3.78. The van der Waals surface area contributed by atoms with Crippen LogP contribution in [-0.2, 0) is 6.54 Å². The predicted molar refractivity (Wildman–Crippen MR) is 104 cm³/mol. The second-order valence-corrected chi connectivity index (χ2v) is 7.24. The van der Waals surface area contributed by atoms with Crippen molar-refractivity contribution in [3.63, 3.8) is 0 Å². The van der Waals surface area contributed by atoms with Crippen LogP contribution in [-0.4, -0.2) is 62.1 Å². The fraction of sp³-hybridized carbons (Fsp3) is 0.500. The average molecular weight is 434 g/mol. The Hall–Kier alpha value is -2.65. The maximum atomic E-state index is 12.5. The molecule has 0 N–H and O–H groups in total. The first-order valence-electron chi connectivity index (χ1n) is 10.1. The molecule has 0 radical (unpaired) electrons. The van der Waals surface area contributed by atoms with Crippen LogP contribution in [0.25, 0.3) is 0 Å². The van der Waals surface area contributed by atoms with E-state index in [-0.39, 0.29) is 24.4 Å². The lowest BCUT2D eigenvalue weighted by atomic mass is 10.1. The Labute approximate surface area is 181 Å². The smallest absolute Gasteiger partial charge is 0.289 e. The molecule has 1 unspecified atom stereocenters. The van der Waals surface area contributed by atoms with E-state index >= 15 is 0 Å². The SMILES string of the molecule is CCCCC(c1nnnn1Cc1ccco1)N1CCN(C(=O)c2ccco2)CC1.[Cl-]. The second-order valence-electron chi connectivity index (χ2n) is 7.24. The summed E-state index contributed by atoms with van der Waals surface area (Å²) < 4.78 is 12.5. The molecule has 0 spiro atoms. The Morgan fingerprint density at radius 1 is 1.13 bits per heavy atom. The van der Waals surface area contributed by atoms with Crippen LogP contribution in [0.5, 0.6) is 0 Å². The molecule has 162 valence electrons. The zero-order chi connectivity index (χ0) is 20.1. The number of carbonyl (C=O) groups is 1. The van der Waals surface area contributed by atoms with Crippen LogP contribution in [0.4, 0.5) is 0 Å². The van der Waals surface area contributed by atoms with Crippen molar-refractivity contribution in [2.24, 2.45) is 0 Å². The number of halogens is 1. The Balaban J connectivity index is 0.00000256. The number of rotatable bonds is 8. The summed E-state index contributed by atoms with van der Waals surface area (Å²) in [6.07, 6.45) is 6.35. The minimum atomic E-state index is -0.0533. The highest BCUT2D eigenvalue weighted by atomic mass is 35.5. The Morgan fingerprint density at radius 3 is 2.57 bits per heavy atom. The molecule has 3 aromatic rings. The van der Waals surface area contributed by atoms with Crippen LogP contribution >= 0.6 is 0 Å². The molecule has 1 fully saturated rings. The van der Waals surface area contributed by atoms with Crippen molar-refractivity contribution in [2.75, 3.05) is 26.2 Å². The first-order valence-corrected chi connectivity index (χ1v) is 10.1. The van der Waals surface area contributed by atoms with Crippen LogP contribution in [0.3, 0.4) is 0 Å². The second kappa shape index (κ2) is 10.4. The number of carbonyl (C=O) groups excluding carboxylic acids is 1. The summed E-state index contributed by atoms with van der Waals surface area (Å²) >= 11 is 0. The summed E-state index contributed by atoms with van der Waals surface area (Å²) in [5.41, 5.74) is 0. The van der Waals surface area contributed by atoms with Gasteiger partial charge in [0.15, 0.2) is 11.6 Å². The number of tetrazole rings is 1. The highest BCUT2D eigenvalue weighted by molar-refractivity contribution is 5.91.